The minimum Gasteiger partial charge on any atom is -0.352 e. The second-order valence-corrected chi connectivity index (χ2v) is 8.42. The zero-order chi connectivity index (χ0) is 19.2. The molecule has 5 nitrogen and oxygen atoms in total. The molecule has 1 N–H and O–H groups in total. The van der Waals surface area contributed by atoms with Crippen molar-refractivity contribution in [2.24, 2.45) is 11.8 Å². The van der Waals surface area contributed by atoms with Gasteiger partial charge in [0.2, 0.25) is 11.8 Å². The molecule has 0 bridgehead atoms. The summed E-state index contributed by atoms with van der Waals surface area (Å²) < 4.78 is 0. The van der Waals surface area contributed by atoms with E-state index in [0.717, 1.165) is 44.4 Å². The largest absolute Gasteiger partial charge is 0.352 e. The fourth-order valence-electron chi connectivity index (χ4n) is 4.51. The first-order chi connectivity index (χ1) is 13.0. The number of amides is 2. The van der Waals surface area contributed by atoms with E-state index in [0.29, 0.717) is 25.9 Å². The standard InChI is InChI=1S/C22H33N3O2/c1-17-12-18(2)15-24(14-17)16-20-7-4-3-6-19(20)13-23-21(26)9-11-25-10-5-8-22(25)27/h3-4,6-7,17-18H,5,8-16H2,1-2H3,(H,23,26). The van der Waals surface area contributed by atoms with E-state index in [-0.39, 0.29) is 11.8 Å². The molecule has 2 amide bonds. The average Bonchev–Trinajstić information content (AvgIpc) is 3.03. The van der Waals surface area contributed by atoms with Gasteiger partial charge in [0.1, 0.15) is 0 Å². The predicted molar refractivity (Wildman–Crippen MR) is 107 cm³/mol. The van der Waals surface area contributed by atoms with Gasteiger partial charge in [-0.25, -0.2) is 0 Å². The van der Waals surface area contributed by atoms with Crippen molar-refractivity contribution in [2.75, 3.05) is 26.2 Å². The molecule has 27 heavy (non-hydrogen) atoms. The number of hydrogen-bond acceptors (Lipinski definition) is 3. The summed E-state index contributed by atoms with van der Waals surface area (Å²) >= 11 is 0. The molecule has 3 rings (SSSR count). The van der Waals surface area contributed by atoms with Gasteiger partial charge >= 0.3 is 0 Å². The zero-order valence-corrected chi connectivity index (χ0v) is 16.7. The lowest BCUT2D eigenvalue weighted by Gasteiger charge is -2.35. The van der Waals surface area contributed by atoms with E-state index in [9.17, 15) is 9.59 Å². The van der Waals surface area contributed by atoms with E-state index in [1.165, 1.54) is 17.5 Å². The number of benzene rings is 1. The zero-order valence-electron chi connectivity index (χ0n) is 16.7. The number of carbonyl (C=O) groups is 2. The lowest BCUT2D eigenvalue weighted by Crippen LogP contribution is -2.38. The molecule has 2 saturated heterocycles. The number of rotatable bonds is 7. The van der Waals surface area contributed by atoms with Gasteiger partial charge in [-0.15, -0.1) is 0 Å². The van der Waals surface area contributed by atoms with Crippen LogP contribution in [0.3, 0.4) is 0 Å². The molecule has 0 aliphatic carbocycles. The van der Waals surface area contributed by atoms with Crippen LogP contribution in [0, 0.1) is 11.8 Å². The predicted octanol–water partition coefficient (Wildman–Crippen LogP) is 2.79. The quantitative estimate of drug-likeness (QED) is 0.802. The van der Waals surface area contributed by atoms with E-state index in [1.807, 2.05) is 6.07 Å². The normalized spacial score (nSPS) is 23.6. The number of nitrogens with one attached hydrogen (secondary N) is 1. The van der Waals surface area contributed by atoms with Crippen molar-refractivity contribution >= 4 is 11.8 Å². The first kappa shape index (κ1) is 19.9. The summed E-state index contributed by atoms with van der Waals surface area (Å²) in [6, 6.07) is 8.40. The van der Waals surface area contributed by atoms with Crippen LogP contribution in [-0.2, 0) is 22.7 Å². The molecule has 0 spiro atoms. The summed E-state index contributed by atoms with van der Waals surface area (Å²) in [5.41, 5.74) is 2.49. The molecule has 0 saturated carbocycles. The van der Waals surface area contributed by atoms with Crippen LogP contribution in [0.5, 0.6) is 0 Å². The molecule has 2 aliphatic heterocycles. The van der Waals surface area contributed by atoms with Crippen LogP contribution in [-0.4, -0.2) is 47.8 Å². The van der Waals surface area contributed by atoms with E-state index in [2.05, 4.69) is 42.3 Å². The molecule has 0 aromatic heterocycles. The fraction of sp³-hybridized carbons (Fsp3) is 0.636. The molecule has 2 aliphatic rings. The van der Waals surface area contributed by atoms with Gasteiger partial charge in [0, 0.05) is 52.1 Å². The van der Waals surface area contributed by atoms with Crippen LogP contribution in [0.1, 0.15) is 50.7 Å². The molecule has 2 fully saturated rings. The lowest BCUT2D eigenvalue weighted by molar-refractivity contribution is -0.128. The minimum absolute atomic E-state index is 0.0183. The Labute approximate surface area is 163 Å². The Morgan fingerprint density at radius 1 is 1.15 bits per heavy atom. The summed E-state index contributed by atoms with van der Waals surface area (Å²) in [6.07, 6.45) is 3.24. The van der Waals surface area contributed by atoms with Crippen molar-refractivity contribution in [1.29, 1.82) is 0 Å². The molecule has 2 unspecified atom stereocenters. The third-order valence-electron chi connectivity index (χ3n) is 5.71. The molecular weight excluding hydrogens is 338 g/mol. The minimum atomic E-state index is 0.0183. The topological polar surface area (TPSA) is 52.7 Å². The molecule has 5 heteroatoms. The maximum absolute atomic E-state index is 12.2. The van der Waals surface area contributed by atoms with E-state index >= 15 is 0 Å². The van der Waals surface area contributed by atoms with Gasteiger partial charge in [0.15, 0.2) is 0 Å². The van der Waals surface area contributed by atoms with Crippen molar-refractivity contribution < 1.29 is 9.59 Å². The first-order valence-corrected chi connectivity index (χ1v) is 10.3. The van der Waals surface area contributed by atoms with Gasteiger partial charge in [0.05, 0.1) is 0 Å². The van der Waals surface area contributed by atoms with Crippen molar-refractivity contribution in [3.05, 3.63) is 35.4 Å². The Bertz CT molecular complexity index is 651. The Kier molecular flexibility index (Phi) is 6.89. The van der Waals surface area contributed by atoms with Gasteiger partial charge in [0.25, 0.3) is 0 Å². The molecule has 2 heterocycles. The lowest BCUT2D eigenvalue weighted by atomic mass is 9.91. The van der Waals surface area contributed by atoms with Gasteiger partial charge in [-0.2, -0.15) is 0 Å². The third kappa shape index (κ3) is 5.80. The monoisotopic (exact) mass is 371 g/mol. The Hall–Kier alpha value is -1.88. The maximum atomic E-state index is 12.2. The summed E-state index contributed by atoms with van der Waals surface area (Å²) in [7, 11) is 0. The average molecular weight is 372 g/mol. The number of nitrogens with zero attached hydrogens (tertiary/aromatic N) is 2. The first-order valence-electron chi connectivity index (χ1n) is 10.3. The molecule has 2 atom stereocenters. The van der Waals surface area contributed by atoms with Crippen LogP contribution in [0.2, 0.25) is 0 Å². The van der Waals surface area contributed by atoms with Crippen LogP contribution >= 0.6 is 0 Å². The van der Waals surface area contributed by atoms with Crippen molar-refractivity contribution in [2.45, 2.75) is 52.6 Å². The van der Waals surface area contributed by atoms with E-state index in [4.69, 9.17) is 0 Å². The highest BCUT2D eigenvalue weighted by atomic mass is 16.2. The fourth-order valence-corrected chi connectivity index (χ4v) is 4.51. The number of piperidine rings is 1. The SMILES string of the molecule is CC1CC(C)CN(Cc2ccccc2CNC(=O)CCN2CCCC2=O)C1. The van der Waals surface area contributed by atoms with Gasteiger partial charge in [-0.3, -0.25) is 14.5 Å². The van der Waals surface area contributed by atoms with Crippen molar-refractivity contribution in [3.63, 3.8) is 0 Å². The van der Waals surface area contributed by atoms with Crippen molar-refractivity contribution in [3.8, 4) is 0 Å². The highest BCUT2D eigenvalue weighted by Crippen LogP contribution is 2.23. The number of hydrogen-bond donors (Lipinski definition) is 1. The molecular formula is C22H33N3O2. The Morgan fingerprint density at radius 2 is 1.85 bits per heavy atom. The van der Waals surface area contributed by atoms with Crippen LogP contribution in [0.25, 0.3) is 0 Å². The van der Waals surface area contributed by atoms with Crippen LogP contribution < -0.4 is 5.32 Å². The molecule has 1 aromatic rings. The van der Waals surface area contributed by atoms with Gasteiger partial charge < -0.3 is 10.2 Å². The summed E-state index contributed by atoms with van der Waals surface area (Å²) in [5, 5.41) is 3.04. The Balaban J connectivity index is 1.50. The third-order valence-corrected chi connectivity index (χ3v) is 5.71. The molecule has 1 aromatic carbocycles. The van der Waals surface area contributed by atoms with Crippen LogP contribution in [0.15, 0.2) is 24.3 Å². The summed E-state index contributed by atoms with van der Waals surface area (Å²) in [4.78, 5) is 28.2. The van der Waals surface area contributed by atoms with E-state index in [1.54, 1.807) is 4.90 Å². The highest BCUT2D eigenvalue weighted by molar-refractivity contribution is 5.80. The summed E-state index contributed by atoms with van der Waals surface area (Å²) in [5.74, 6) is 1.69. The van der Waals surface area contributed by atoms with Gasteiger partial charge in [-0.05, 0) is 35.8 Å². The highest BCUT2D eigenvalue weighted by Gasteiger charge is 2.23. The van der Waals surface area contributed by atoms with Crippen molar-refractivity contribution in [1.82, 2.24) is 15.1 Å². The second-order valence-electron chi connectivity index (χ2n) is 8.42. The molecule has 0 radical (unpaired) electrons. The molecule has 148 valence electrons. The van der Waals surface area contributed by atoms with Gasteiger partial charge in [-0.1, -0.05) is 38.1 Å². The van der Waals surface area contributed by atoms with E-state index < -0.39 is 0 Å². The second kappa shape index (κ2) is 9.36. The number of likely N-dealkylation sites (tertiary alicyclic amines) is 2. The van der Waals surface area contributed by atoms with Crippen LogP contribution in [0.4, 0.5) is 0 Å². The number of carbonyl (C=O) groups excluding carboxylic acids is 2. The Morgan fingerprint density at radius 3 is 2.52 bits per heavy atom. The summed E-state index contributed by atoms with van der Waals surface area (Å²) in [6.45, 7) is 9.80. The maximum Gasteiger partial charge on any atom is 0.222 e. The smallest absolute Gasteiger partial charge is 0.222 e.